The summed E-state index contributed by atoms with van der Waals surface area (Å²) in [5, 5.41) is 10.8. The zero-order chi connectivity index (χ0) is 25.8. The molecule has 1 aliphatic heterocycles. The molecule has 38 heavy (non-hydrogen) atoms. The molecule has 5 aromatic rings. The van der Waals surface area contributed by atoms with Crippen LogP contribution in [0, 0.1) is 11.7 Å². The van der Waals surface area contributed by atoms with Gasteiger partial charge in [-0.3, -0.25) is 4.79 Å². The van der Waals surface area contributed by atoms with Gasteiger partial charge in [-0.15, -0.1) is 5.10 Å². The molecule has 1 amide bonds. The monoisotopic (exact) mass is 534 g/mol. The lowest BCUT2D eigenvalue weighted by atomic mass is 9.97. The number of imidazole rings is 2. The smallest absolute Gasteiger partial charge is 0.273 e. The quantitative estimate of drug-likeness (QED) is 0.327. The van der Waals surface area contributed by atoms with Crippen LogP contribution in [0.2, 0.25) is 5.02 Å². The standard InChI is InChI=1S/C26H24ClFN8O2/c27-20-3-4-34-14-30-21(24(34)23(20)28)7-29-26(37)22-11-36(33-32-22)10-19-9-35-8-18(16-1-2-16)6-17(25(35)31-19)5-15-12-38-13-15/h3-4,6,8-9,11,14-16H,1-2,5,7,10,12-13H2,(H,29,37). The lowest BCUT2D eigenvalue weighted by Gasteiger charge is -2.26. The molecule has 0 unspecified atom stereocenters. The summed E-state index contributed by atoms with van der Waals surface area (Å²) in [4.78, 5) is 21.8. The molecular weight excluding hydrogens is 511 g/mol. The van der Waals surface area contributed by atoms with Gasteiger partial charge in [0.05, 0.1) is 55.2 Å². The van der Waals surface area contributed by atoms with E-state index in [1.165, 1.54) is 40.8 Å². The molecule has 5 aromatic heterocycles. The number of halogens is 2. The molecule has 1 saturated carbocycles. The van der Waals surface area contributed by atoms with Gasteiger partial charge in [0, 0.05) is 24.5 Å². The second kappa shape index (κ2) is 9.17. The van der Waals surface area contributed by atoms with Gasteiger partial charge in [-0.2, -0.15) is 0 Å². The molecule has 1 saturated heterocycles. The van der Waals surface area contributed by atoms with Gasteiger partial charge in [0.15, 0.2) is 11.5 Å². The van der Waals surface area contributed by atoms with Crippen molar-refractivity contribution in [1.29, 1.82) is 0 Å². The molecule has 0 radical (unpaired) electrons. The van der Waals surface area contributed by atoms with E-state index in [0.29, 0.717) is 24.1 Å². The minimum Gasteiger partial charge on any atom is -0.381 e. The van der Waals surface area contributed by atoms with Crippen molar-refractivity contribution >= 4 is 28.7 Å². The van der Waals surface area contributed by atoms with Crippen molar-refractivity contribution in [2.75, 3.05) is 13.2 Å². The summed E-state index contributed by atoms with van der Waals surface area (Å²) in [5.41, 5.74) is 5.14. The molecule has 0 aromatic carbocycles. The zero-order valence-corrected chi connectivity index (χ0v) is 21.1. The number of hydrogen-bond acceptors (Lipinski definition) is 6. The van der Waals surface area contributed by atoms with Gasteiger partial charge >= 0.3 is 0 Å². The first-order valence-electron chi connectivity index (χ1n) is 12.6. The Bertz CT molecular complexity index is 1680. The first-order chi connectivity index (χ1) is 18.5. The van der Waals surface area contributed by atoms with Crippen molar-refractivity contribution in [3.05, 3.63) is 82.3 Å². The van der Waals surface area contributed by atoms with E-state index in [9.17, 15) is 9.18 Å². The van der Waals surface area contributed by atoms with E-state index >= 15 is 0 Å². The number of carbonyl (C=O) groups is 1. The number of nitrogens with zero attached hydrogens (tertiary/aromatic N) is 7. The summed E-state index contributed by atoms with van der Waals surface area (Å²) < 4.78 is 25.1. The lowest BCUT2D eigenvalue weighted by Crippen LogP contribution is -2.29. The van der Waals surface area contributed by atoms with Crippen LogP contribution < -0.4 is 5.32 Å². The van der Waals surface area contributed by atoms with Gasteiger partial charge in [-0.25, -0.2) is 19.0 Å². The predicted octanol–water partition coefficient (Wildman–Crippen LogP) is 3.41. The van der Waals surface area contributed by atoms with Gasteiger partial charge in [0.1, 0.15) is 11.2 Å². The number of fused-ring (bicyclic) bond motifs is 2. The third-order valence-corrected chi connectivity index (χ3v) is 7.44. The molecule has 12 heteroatoms. The van der Waals surface area contributed by atoms with Crippen molar-refractivity contribution in [2.24, 2.45) is 5.92 Å². The summed E-state index contributed by atoms with van der Waals surface area (Å²) >= 11 is 5.90. The molecule has 0 atom stereocenters. The van der Waals surface area contributed by atoms with E-state index in [1.807, 2.05) is 6.20 Å². The number of aromatic nitrogens is 7. The maximum atomic E-state index is 14.5. The summed E-state index contributed by atoms with van der Waals surface area (Å²) in [6.07, 6.45) is 12.3. The first-order valence-corrected chi connectivity index (χ1v) is 13.0. The van der Waals surface area contributed by atoms with E-state index in [-0.39, 0.29) is 22.8 Å². The summed E-state index contributed by atoms with van der Waals surface area (Å²) in [6.45, 7) is 2.00. The summed E-state index contributed by atoms with van der Waals surface area (Å²) in [6, 6.07) is 3.76. The van der Waals surface area contributed by atoms with E-state index < -0.39 is 11.7 Å². The molecule has 2 fully saturated rings. The molecule has 0 spiro atoms. The van der Waals surface area contributed by atoms with E-state index in [4.69, 9.17) is 21.3 Å². The number of rotatable bonds is 8. The molecule has 0 bridgehead atoms. The van der Waals surface area contributed by atoms with Crippen LogP contribution in [0.25, 0.3) is 11.2 Å². The van der Waals surface area contributed by atoms with Crippen LogP contribution in [-0.2, 0) is 24.2 Å². The fourth-order valence-corrected chi connectivity index (χ4v) is 5.08. The Balaban J connectivity index is 1.07. The number of ether oxygens (including phenoxy) is 1. The molecule has 1 aliphatic carbocycles. The van der Waals surface area contributed by atoms with Crippen molar-refractivity contribution in [3.63, 3.8) is 0 Å². The topological polar surface area (TPSA) is 104 Å². The lowest BCUT2D eigenvalue weighted by molar-refractivity contribution is -0.0311. The second-order valence-electron chi connectivity index (χ2n) is 10.1. The van der Waals surface area contributed by atoms with Gasteiger partial charge in [-0.1, -0.05) is 22.9 Å². The molecule has 1 N–H and O–H groups in total. The molecule has 7 rings (SSSR count). The van der Waals surface area contributed by atoms with Crippen molar-refractivity contribution in [1.82, 2.24) is 39.1 Å². The maximum Gasteiger partial charge on any atom is 0.273 e. The van der Waals surface area contributed by atoms with Crippen LogP contribution >= 0.6 is 11.6 Å². The minimum absolute atomic E-state index is 0.00611. The van der Waals surface area contributed by atoms with E-state index in [1.54, 1.807) is 17.1 Å². The van der Waals surface area contributed by atoms with Crippen molar-refractivity contribution in [3.8, 4) is 0 Å². The van der Waals surface area contributed by atoms with Gasteiger partial charge in [-0.05, 0) is 42.4 Å². The first kappa shape index (κ1) is 23.3. The third kappa shape index (κ3) is 4.31. The fourth-order valence-electron chi connectivity index (χ4n) is 4.94. The summed E-state index contributed by atoms with van der Waals surface area (Å²) in [7, 11) is 0. The van der Waals surface area contributed by atoms with Crippen LogP contribution in [0.1, 0.15) is 51.8 Å². The van der Waals surface area contributed by atoms with E-state index in [2.05, 4.69) is 37.3 Å². The maximum absolute atomic E-state index is 14.5. The highest BCUT2D eigenvalue weighted by molar-refractivity contribution is 6.31. The van der Waals surface area contributed by atoms with Gasteiger partial charge in [0.25, 0.3) is 5.91 Å². The van der Waals surface area contributed by atoms with Gasteiger partial charge < -0.3 is 18.9 Å². The fraction of sp³-hybridized carbons (Fsp3) is 0.346. The van der Waals surface area contributed by atoms with Gasteiger partial charge in [0.2, 0.25) is 0 Å². The van der Waals surface area contributed by atoms with Crippen molar-refractivity contribution < 1.29 is 13.9 Å². The van der Waals surface area contributed by atoms with E-state index in [0.717, 1.165) is 31.0 Å². The molecular formula is C26H24ClFN8O2. The van der Waals surface area contributed by atoms with Crippen LogP contribution in [0.15, 0.2) is 43.2 Å². The van der Waals surface area contributed by atoms with Crippen LogP contribution in [-0.4, -0.2) is 52.9 Å². The van der Waals surface area contributed by atoms with Crippen LogP contribution in [0.5, 0.6) is 0 Å². The Kier molecular flexibility index (Phi) is 5.62. The largest absolute Gasteiger partial charge is 0.381 e. The molecule has 2 aliphatic rings. The molecule has 6 heterocycles. The Labute approximate surface area is 221 Å². The Morgan fingerprint density at radius 3 is 2.87 bits per heavy atom. The minimum atomic E-state index is -0.581. The second-order valence-corrected chi connectivity index (χ2v) is 10.5. The number of nitrogens with one attached hydrogen (secondary N) is 1. The highest BCUT2D eigenvalue weighted by atomic mass is 35.5. The number of pyridine rings is 2. The zero-order valence-electron chi connectivity index (χ0n) is 20.3. The molecule has 10 nitrogen and oxygen atoms in total. The average Bonchev–Trinajstić information content (AvgIpc) is 3.28. The third-order valence-electron chi connectivity index (χ3n) is 7.14. The van der Waals surface area contributed by atoms with Crippen LogP contribution in [0.4, 0.5) is 4.39 Å². The number of carbonyl (C=O) groups excluding carboxylic acids is 1. The van der Waals surface area contributed by atoms with Crippen LogP contribution in [0.3, 0.4) is 0 Å². The average molecular weight is 535 g/mol. The highest BCUT2D eigenvalue weighted by Crippen LogP contribution is 2.41. The normalized spacial score (nSPS) is 15.8. The Morgan fingerprint density at radius 2 is 2.08 bits per heavy atom. The number of amides is 1. The molecule has 194 valence electrons. The Morgan fingerprint density at radius 1 is 1.21 bits per heavy atom. The number of hydrogen-bond donors (Lipinski definition) is 1. The highest BCUT2D eigenvalue weighted by Gasteiger charge is 2.27. The SMILES string of the molecule is O=C(NCc1ncn2ccc(Cl)c(F)c12)c1cn(Cc2cn3cc(C4CC4)cc(CC4COC4)c3n2)nn1. The Hall–Kier alpha value is -3.83. The summed E-state index contributed by atoms with van der Waals surface area (Å²) in [5.74, 6) is 0.168. The predicted molar refractivity (Wildman–Crippen MR) is 136 cm³/mol. The van der Waals surface area contributed by atoms with Crippen molar-refractivity contribution in [2.45, 2.75) is 38.3 Å².